The number of rotatable bonds is 10. The number of aryl methyl sites for hydroxylation is 1. The molecule has 0 unspecified atom stereocenters. The van der Waals surface area contributed by atoms with Crippen molar-refractivity contribution in [1.29, 1.82) is 0 Å². The summed E-state index contributed by atoms with van der Waals surface area (Å²) in [5.74, 6) is 1.01. The summed E-state index contributed by atoms with van der Waals surface area (Å²) in [4.78, 5) is 31.7. The predicted octanol–water partition coefficient (Wildman–Crippen LogP) is 6.12. The summed E-state index contributed by atoms with van der Waals surface area (Å²) in [5.41, 5.74) is 3.44. The van der Waals surface area contributed by atoms with Crippen molar-refractivity contribution < 1.29 is 23.7 Å². The molecule has 228 valence electrons. The number of carbonyl (C=O) groups excluding carboxylic acids is 1. The van der Waals surface area contributed by atoms with Crippen molar-refractivity contribution in [1.82, 2.24) is 4.57 Å². The number of halogens is 2. The van der Waals surface area contributed by atoms with Crippen LogP contribution in [0.4, 0.5) is 0 Å². The smallest absolute Gasteiger partial charge is 0.337 e. The number of thiazole rings is 1. The fourth-order valence-corrected chi connectivity index (χ4v) is 6.74. The van der Waals surface area contributed by atoms with Gasteiger partial charge in [-0.25, -0.2) is 9.79 Å². The standard InChI is InChI=1S/C33H30BrClN2O6S/c1-5-41-26-12-11-22(16-27(26)42-6-2)29-23(32(39)40-4)17-36-33-37(29)31(38)28(44-33)15-21-13-24(34)30(25(35)14-21)43-18-20-9-7-19(3)8-10-20/h7-17,29H,5-6,18H2,1-4H3/b28-15-/t29-/m0/s1. The van der Waals surface area contributed by atoms with Gasteiger partial charge in [0, 0.05) is 6.20 Å². The summed E-state index contributed by atoms with van der Waals surface area (Å²) in [6.07, 6.45) is 3.20. The minimum absolute atomic E-state index is 0.221. The molecule has 2 heterocycles. The minimum atomic E-state index is -0.788. The van der Waals surface area contributed by atoms with Crippen LogP contribution in [0.15, 0.2) is 80.6 Å². The Balaban J connectivity index is 1.54. The van der Waals surface area contributed by atoms with Gasteiger partial charge < -0.3 is 18.9 Å². The molecule has 5 rings (SSSR count). The summed E-state index contributed by atoms with van der Waals surface area (Å²) in [7, 11) is 1.30. The number of nitrogens with zero attached hydrogens (tertiary/aromatic N) is 2. The maximum absolute atomic E-state index is 13.9. The maximum atomic E-state index is 13.9. The van der Waals surface area contributed by atoms with Crippen LogP contribution in [0.1, 0.15) is 42.1 Å². The van der Waals surface area contributed by atoms with Crippen molar-refractivity contribution in [2.45, 2.75) is 33.4 Å². The molecule has 0 N–H and O–H groups in total. The fourth-order valence-electron chi connectivity index (χ4n) is 4.78. The summed E-state index contributed by atoms with van der Waals surface area (Å²) in [6.45, 7) is 7.03. The number of methoxy groups -OCH3 is 1. The van der Waals surface area contributed by atoms with E-state index in [9.17, 15) is 9.59 Å². The van der Waals surface area contributed by atoms with E-state index in [4.69, 9.17) is 30.5 Å². The van der Waals surface area contributed by atoms with Crippen LogP contribution >= 0.6 is 38.9 Å². The molecule has 0 bridgehead atoms. The number of hydrogen-bond acceptors (Lipinski definition) is 8. The van der Waals surface area contributed by atoms with E-state index in [1.165, 1.54) is 34.8 Å². The zero-order chi connectivity index (χ0) is 31.4. The highest BCUT2D eigenvalue weighted by Crippen LogP contribution is 2.36. The van der Waals surface area contributed by atoms with Crippen LogP contribution in [-0.2, 0) is 16.1 Å². The first kappa shape index (κ1) is 31.6. The molecule has 0 fully saturated rings. The first-order chi connectivity index (χ1) is 21.2. The molecule has 0 radical (unpaired) electrons. The van der Waals surface area contributed by atoms with Crippen molar-refractivity contribution in [3.05, 3.63) is 118 Å². The molecule has 1 aliphatic rings. The van der Waals surface area contributed by atoms with Gasteiger partial charge in [0.15, 0.2) is 22.0 Å². The number of ether oxygens (including phenoxy) is 4. The van der Waals surface area contributed by atoms with E-state index >= 15 is 0 Å². The van der Waals surface area contributed by atoms with Crippen LogP contribution in [0.5, 0.6) is 17.2 Å². The second-order valence-corrected chi connectivity index (χ2v) is 12.1. The first-order valence-corrected chi connectivity index (χ1v) is 15.9. The van der Waals surface area contributed by atoms with Crippen molar-refractivity contribution in [2.75, 3.05) is 20.3 Å². The van der Waals surface area contributed by atoms with Crippen LogP contribution in [0, 0.1) is 6.92 Å². The van der Waals surface area contributed by atoms with E-state index in [0.29, 0.717) is 67.0 Å². The molecule has 0 spiro atoms. The Bertz CT molecular complexity index is 1890. The van der Waals surface area contributed by atoms with Gasteiger partial charge in [-0.2, -0.15) is 0 Å². The van der Waals surface area contributed by atoms with E-state index < -0.39 is 12.0 Å². The average molecular weight is 698 g/mol. The summed E-state index contributed by atoms with van der Waals surface area (Å²) in [6, 6.07) is 16.2. The molecule has 1 atom stereocenters. The number of hydrogen-bond donors (Lipinski definition) is 0. The molecule has 3 aromatic carbocycles. The van der Waals surface area contributed by atoms with Gasteiger partial charge in [0.05, 0.1) is 46.0 Å². The Hall–Kier alpha value is -3.86. The third-order valence-electron chi connectivity index (χ3n) is 6.83. The van der Waals surface area contributed by atoms with Crippen molar-refractivity contribution in [2.24, 2.45) is 4.99 Å². The van der Waals surface area contributed by atoms with E-state index in [0.717, 1.165) is 5.56 Å². The number of aromatic nitrogens is 1. The quantitative estimate of drug-likeness (QED) is 0.186. The maximum Gasteiger partial charge on any atom is 0.337 e. The van der Waals surface area contributed by atoms with Gasteiger partial charge in [0.2, 0.25) is 0 Å². The van der Waals surface area contributed by atoms with Gasteiger partial charge in [-0.15, -0.1) is 0 Å². The Morgan fingerprint density at radius 3 is 2.45 bits per heavy atom. The third-order valence-corrected chi connectivity index (χ3v) is 8.70. The van der Waals surface area contributed by atoms with E-state index in [1.807, 2.05) is 57.2 Å². The van der Waals surface area contributed by atoms with Gasteiger partial charge in [0.1, 0.15) is 6.61 Å². The molecular formula is C33H30BrClN2O6S. The number of esters is 1. The van der Waals surface area contributed by atoms with Gasteiger partial charge >= 0.3 is 5.97 Å². The second kappa shape index (κ2) is 13.8. The first-order valence-electron chi connectivity index (χ1n) is 13.9. The summed E-state index contributed by atoms with van der Waals surface area (Å²) < 4.78 is 25.2. The van der Waals surface area contributed by atoms with Crippen molar-refractivity contribution >= 4 is 50.9 Å². The molecule has 0 aliphatic carbocycles. The topological polar surface area (TPSA) is 88.4 Å². The summed E-state index contributed by atoms with van der Waals surface area (Å²) in [5, 5.41) is 0.397. The lowest BCUT2D eigenvalue weighted by atomic mass is 9.97. The highest BCUT2D eigenvalue weighted by Gasteiger charge is 2.31. The van der Waals surface area contributed by atoms with Gasteiger partial charge in [0.25, 0.3) is 5.56 Å². The van der Waals surface area contributed by atoms with Crippen LogP contribution in [0.25, 0.3) is 6.08 Å². The van der Waals surface area contributed by atoms with Crippen molar-refractivity contribution in [3.8, 4) is 17.2 Å². The minimum Gasteiger partial charge on any atom is -0.490 e. The largest absolute Gasteiger partial charge is 0.490 e. The van der Waals surface area contributed by atoms with E-state index in [2.05, 4.69) is 20.9 Å². The number of carbonyl (C=O) groups is 1. The fraction of sp³-hybridized carbons (Fsp3) is 0.242. The van der Waals surface area contributed by atoms with E-state index in [-0.39, 0.29) is 11.1 Å². The predicted molar refractivity (Wildman–Crippen MR) is 175 cm³/mol. The zero-order valence-electron chi connectivity index (χ0n) is 24.6. The monoisotopic (exact) mass is 696 g/mol. The molecule has 8 nitrogen and oxygen atoms in total. The Morgan fingerprint density at radius 1 is 1.05 bits per heavy atom. The molecule has 1 aliphatic heterocycles. The van der Waals surface area contributed by atoms with Crippen LogP contribution < -0.4 is 29.1 Å². The molecule has 11 heteroatoms. The lowest BCUT2D eigenvalue weighted by molar-refractivity contribution is -0.136. The molecule has 0 amide bonds. The third kappa shape index (κ3) is 6.62. The lowest BCUT2D eigenvalue weighted by Gasteiger charge is -2.23. The Kier molecular flexibility index (Phi) is 9.93. The highest BCUT2D eigenvalue weighted by atomic mass is 79.9. The second-order valence-electron chi connectivity index (χ2n) is 9.84. The van der Waals surface area contributed by atoms with Crippen LogP contribution in [0.2, 0.25) is 5.02 Å². The Morgan fingerprint density at radius 2 is 1.77 bits per heavy atom. The van der Waals surface area contributed by atoms with Crippen LogP contribution in [-0.4, -0.2) is 30.9 Å². The summed E-state index contributed by atoms with van der Waals surface area (Å²) >= 11 is 11.4. The van der Waals surface area contributed by atoms with E-state index in [1.54, 1.807) is 24.3 Å². The highest BCUT2D eigenvalue weighted by molar-refractivity contribution is 9.10. The van der Waals surface area contributed by atoms with Crippen molar-refractivity contribution in [3.63, 3.8) is 0 Å². The lowest BCUT2D eigenvalue weighted by Crippen LogP contribution is -2.39. The molecule has 1 aromatic heterocycles. The normalized spacial score (nSPS) is 14.4. The molecule has 0 saturated carbocycles. The average Bonchev–Trinajstić information content (AvgIpc) is 3.32. The van der Waals surface area contributed by atoms with Crippen LogP contribution in [0.3, 0.4) is 0 Å². The Labute approximate surface area is 272 Å². The molecule has 44 heavy (non-hydrogen) atoms. The molecule has 4 aromatic rings. The molecule has 0 saturated heterocycles. The number of fused-ring (bicyclic) bond motifs is 1. The number of benzene rings is 3. The zero-order valence-corrected chi connectivity index (χ0v) is 27.7. The van der Waals surface area contributed by atoms with Gasteiger partial charge in [-0.3, -0.25) is 9.36 Å². The van der Waals surface area contributed by atoms with Gasteiger partial charge in [-0.1, -0.05) is 58.8 Å². The van der Waals surface area contributed by atoms with Gasteiger partial charge in [-0.05, 0) is 83.7 Å². The SMILES string of the molecule is CCOc1ccc([C@H]2C(C(=O)OC)=CN=c3s/c(=C\c4cc(Cl)c(OCc5ccc(C)cc5)c(Br)c4)c(=O)n32)cc1OCC. The molecular weight excluding hydrogens is 668 g/mol.